The quantitative estimate of drug-likeness (QED) is 0.442. The van der Waals surface area contributed by atoms with E-state index in [1.165, 1.54) is 27.7 Å². The van der Waals surface area contributed by atoms with Crippen molar-refractivity contribution < 1.29 is 9.53 Å². The number of methoxy groups -OCH3 is 1. The number of amides is 1. The Hall–Kier alpha value is -2.31. The Labute approximate surface area is 205 Å². The number of piperazine rings is 1. The van der Waals surface area contributed by atoms with E-state index in [0.717, 1.165) is 49.4 Å². The lowest BCUT2D eigenvalue weighted by atomic mass is 9.95. The molecule has 2 heterocycles. The number of nitrogens with zero attached hydrogens (tertiary/aromatic N) is 3. The number of ether oxygens (including phenoxy) is 1. The van der Waals surface area contributed by atoms with Crippen molar-refractivity contribution in [3.8, 4) is 5.75 Å². The Kier molecular flexibility index (Phi) is 7.45. The third kappa shape index (κ3) is 5.44. The number of rotatable bonds is 7. The van der Waals surface area contributed by atoms with Gasteiger partial charge in [0.1, 0.15) is 5.75 Å². The molecule has 33 heavy (non-hydrogen) atoms. The summed E-state index contributed by atoms with van der Waals surface area (Å²) in [5.41, 5.74) is 5.06. The maximum absolute atomic E-state index is 12.9. The minimum Gasteiger partial charge on any atom is -0.497 e. The van der Waals surface area contributed by atoms with Gasteiger partial charge in [-0.2, -0.15) is 0 Å². The zero-order valence-electron chi connectivity index (χ0n) is 20.1. The molecule has 0 bridgehead atoms. The number of fused-ring (bicyclic) bond motifs is 1. The molecular weight excluding hydrogens is 478 g/mol. The van der Waals surface area contributed by atoms with Gasteiger partial charge in [0.05, 0.1) is 7.11 Å². The van der Waals surface area contributed by atoms with Gasteiger partial charge in [0.25, 0.3) is 0 Å². The molecule has 0 saturated carbocycles. The van der Waals surface area contributed by atoms with Gasteiger partial charge >= 0.3 is 0 Å². The Morgan fingerprint density at radius 3 is 2.45 bits per heavy atom. The SMILES string of the molecule is COc1ccc2c(c1)c(CC(C)CC(=O)N1CCN(C)CC1)c(C)n2Cc1ccc(Br)cc1. The second kappa shape index (κ2) is 10.3. The molecule has 3 aromatic rings. The van der Waals surface area contributed by atoms with Crippen molar-refractivity contribution in [2.75, 3.05) is 40.3 Å². The molecule has 4 rings (SSSR count). The second-order valence-electron chi connectivity index (χ2n) is 9.36. The number of aromatic nitrogens is 1. The van der Waals surface area contributed by atoms with Crippen molar-refractivity contribution >= 4 is 32.7 Å². The number of carbonyl (C=O) groups is 1. The highest BCUT2D eigenvalue weighted by atomic mass is 79.9. The Morgan fingerprint density at radius 1 is 1.09 bits per heavy atom. The highest BCUT2D eigenvalue weighted by Gasteiger charge is 2.23. The van der Waals surface area contributed by atoms with E-state index >= 15 is 0 Å². The van der Waals surface area contributed by atoms with Crippen LogP contribution in [0.2, 0.25) is 0 Å². The van der Waals surface area contributed by atoms with E-state index in [9.17, 15) is 4.79 Å². The minimum absolute atomic E-state index is 0.272. The Bertz CT molecular complexity index is 1110. The van der Waals surface area contributed by atoms with Crippen LogP contribution in [0.15, 0.2) is 46.9 Å². The molecule has 1 aliphatic heterocycles. The summed E-state index contributed by atoms with van der Waals surface area (Å²) in [5, 5.41) is 1.22. The molecule has 1 atom stereocenters. The Balaban J connectivity index is 1.58. The standard InChI is InChI=1S/C27H34BrN3O2/c1-19(16-27(32)30-13-11-29(3)12-14-30)15-24-20(2)31(18-21-5-7-22(28)8-6-21)26-10-9-23(33-4)17-25(24)26/h5-10,17,19H,11-16,18H2,1-4H3. The van der Waals surface area contributed by atoms with Crippen LogP contribution in [0.25, 0.3) is 10.9 Å². The monoisotopic (exact) mass is 511 g/mol. The summed E-state index contributed by atoms with van der Waals surface area (Å²) in [6, 6.07) is 14.8. The van der Waals surface area contributed by atoms with Gasteiger partial charge in [-0.25, -0.2) is 0 Å². The predicted molar refractivity (Wildman–Crippen MR) is 138 cm³/mol. The van der Waals surface area contributed by atoms with Crippen LogP contribution in [0.3, 0.4) is 0 Å². The van der Waals surface area contributed by atoms with Gasteiger partial charge in [-0.15, -0.1) is 0 Å². The van der Waals surface area contributed by atoms with Crippen LogP contribution >= 0.6 is 15.9 Å². The lowest BCUT2D eigenvalue weighted by Crippen LogP contribution is -2.47. The maximum atomic E-state index is 12.9. The molecule has 0 N–H and O–H groups in total. The fraction of sp³-hybridized carbons (Fsp3) is 0.444. The van der Waals surface area contributed by atoms with Crippen molar-refractivity contribution in [3.63, 3.8) is 0 Å². The molecule has 1 unspecified atom stereocenters. The van der Waals surface area contributed by atoms with Gasteiger partial charge < -0.3 is 19.1 Å². The highest BCUT2D eigenvalue weighted by Crippen LogP contribution is 2.32. The summed E-state index contributed by atoms with van der Waals surface area (Å²) in [6.07, 6.45) is 1.47. The molecular formula is C27H34BrN3O2. The molecule has 0 aliphatic carbocycles. The molecule has 1 aromatic heterocycles. The van der Waals surface area contributed by atoms with E-state index in [4.69, 9.17) is 4.74 Å². The topological polar surface area (TPSA) is 37.7 Å². The molecule has 176 valence electrons. The van der Waals surface area contributed by atoms with Crippen molar-refractivity contribution in [2.24, 2.45) is 5.92 Å². The van der Waals surface area contributed by atoms with Crippen LogP contribution in [0.5, 0.6) is 5.75 Å². The van der Waals surface area contributed by atoms with Crippen molar-refractivity contribution in [1.82, 2.24) is 14.4 Å². The van der Waals surface area contributed by atoms with Crippen LogP contribution in [0.4, 0.5) is 0 Å². The van der Waals surface area contributed by atoms with E-state index in [1.807, 2.05) is 11.0 Å². The smallest absolute Gasteiger partial charge is 0.222 e. The lowest BCUT2D eigenvalue weighted by Gasteiger charge is -2.33. The number of halogens is 1. The van der Waals surface area contributed by atoms with Crippen molar-refractivity contribution in [1.29, 1.82) is 0 Å². The predicted octanol–water partition coefficient (Wildman–Crippen LogP) is 5.11. The summed E-state index contributed by atoms with van der Waals surface area (Å²) < 4.78 is 9.02. The van der Waals surface area contributed by atoms with Crippen molar-refractivity contribution in [3.05, 3.63) is 63.8 Å². The Morgan fingerprint density at radius 2 is 1.79 bits per heavy atom. The van der Waals surface area contributed by atoms with Gasteiger partial charge in [0.2, 0.25) is 5.91 Å². The number of hydrogen-bond acceptors (Lipinski definition) is 3. The first-order valence-electron chi connectivity index (χ1n) is 11.7. The largest absolute Gasteiger partial charge is 0.497 e. The molecule has 1 saturated heterocycles. The maximum Gasteiger partial charge on any atom is 0.222 e. The highest BCUT2D eigenvalue weighted by molar-refractivity contribution is 9.10. The average Bonchev–Trinajstić information content (AvgIpc) is 3.06. The number of hydrogen-bond donors (Lipinski definition) is 0. The van der Waals surface area contributed by atoms with Crippen LogP contribution in [0.1, 0.15) is 30.2 Å². The zero-order valence-corrected chi connectivity index (χ0v) is 21.7. The molecule has 6 heteroatoms. The van der Waals surface area contributed by atoms with E-state index in [0.29, 0.717) is 6.42 Å². The first-order chi connectivity index (χ1) is 15.9. The fourth-order valence-corrected chi connectivity index (χ4v) is 5.06. The lowest BCUT2D eigenvalue weighted by molar-refractivity contribution is -0.133. The molecule has 5 nitrogen and oxygen atoms in total. The van der Waals surface area contributed by atoms with Crippen molar-refractivity contribution in [2.45, 2.75) is 33.2 Å². The van der Waals surface area contributed by atoms with Gasteiger partial charge in [-0.3, -0.25) is 4.79 Å². The number of likely N-dealkylation sites (N-methyl/N-ethyl adjacent to an activating group) is 1. The molecule has 2 aromatic carbocycles. The van der Waals surface area contributed by atoms with E-state index < -0.39 is 0 Å². The first-order valence-corrected chi connectivity index (χ1v) is 12.5. The van der Waals surface area contributed by atoms with Crippen LogP contribution in [-0.4, -0.2) is 60.6 Å². The third-order valence-electron chi connectivity index (χ3n) is 6.85. The summed E-state index contributed by atoms with van der Waals surface area (Å²) in [7, 11) is 3.83. The van der Waals surface area contributed by atoms with E-state index in [-0.39, 0.29) is 11.8 Å². The number of carbonyl (C=O) groups excluding carboxylic acids is 1. The fourth-order valence-electron chi connectivity index (χ4n) is 4.80. The first kappa shape index (κ1) is 23.8. The van der Waals surface area contributed by atoms with Gasteiger partial charge in [0, 0.05) is 60.2 Å². The molecule has 0 radical (unpaired) electrons. The summed E-state index contributed by atoms with van der Waals surface area (Å²) in [6.45, 7) is 8.82. The van der Waals surface area contributed by atoms with Crippen LogP contribution in [-0.2, 0) is 17.8 Å². The van der Waals surface area contributed by atoms with Gasteiger partial charge in [-0.1, -0.05) is 35.0 Å². The summed E-state index contributed by atoms with van der Waals surface area (Å²) >= 11 is 3.53. The van der Waals surface area contributed by atoms with Gasteiger partial charge in [-0.05, 0) is 67.8 Å². The van der Waals surface area contributed by atoms with Crippen LogP contribution in [0, 0.1) is 12.8 Å². The minimum atomic E-state index is 0.272. The summed E-state index contributed by atoms with van der Waals surface area (Å²) in [4.78, 5) is 17.2. The van der Waals surface area contributed by atoms with E-state index in [2.05, 4.69) is 82.7 Å². The average molecular weight is 512 g/mol. The normalized spacial score (nSPS) is 15.7. The molecule has 0 spiro atoms. The van der Waals surface area contributed by atoms with Crippen LogP contribution < -0.4 is 4.74 Å². The summed E-state index contributed by atoms with van der Waals surface area (Å²) in [5.74, 6) is 1.42. The number of benzene rings is 2. The molecule has 1 aliphatic rings. The molecule has 1 fully saturated rings. The van der Waals surface area contributed by atoms with Gasteiger partial charge in [0.15, 0.2) is 0 Å². The molecule has 1 amide bonds. The zero-order chi connectivity index (χ0) is 23.5. The van der Waals surface area contributed by atoms with E-state index in [1.54, 1.807) is 7.11 Å². The third-order valence-corrected chi connectivity index (χ3v) is 7.38. The second-order valence-corrected chi connectivity index (χ2v) is 10.3.